The van der Waals surface area contributed by atoms with E-state index in [0.717, 1.165) is 0 Å². The van der Waals surface area contributed by atoms with Gasteiger partial charge in [0.2, 0.25) is 5.01 Å². The van der Waals surface area contributed by atoms with Crippen molar-refractivity contribution < 1.29 is 18.3 Å². The van der Waals surface area contributed by atoms with Crippen molar-refractivity contribution in [2.45, 2.75) is 58.5 Å². The van der Waals surface area contributed by atoms with E-state index in [0.29, 0.717) is 28.0 Å². The zero-order chi connectivity index (χ0) is 18.5. The van der Waals surface area contributed by atoms with Gasteiger partial charge in [-0.05, 0) is 23.0 Å². The molecule has 0 spiro atoms. The molecule has 1 N–H and O–H groups in total. The highest BCUT2D eigenvalue weighted by Gasteiger charge is 2.36. The molecule has 0 radical (unpaired) electrons. The van der Waals surface area contributed by atoms with E-state index in [9.17, 15) is 18.3 Å². The predicted octanol–water partition coefficient (Wildman–Crippen LogP) is 5.52. The summed E-state index contributed by atoms with van der Waals surface area (Å²) < 4.78 is 38.4. The van der Waals surface area contributed by atoms with Gasteiger partial charge in [0.15, 0.2) is 0 Å². The van der Waals surface area contributed by atoms with Crippen molar-refractivity contribution >= 4 is 11.3 Å². The lowest BCUT2D eigenvalue weighted by Gasteiger charge is -2.27. The van der Waals surface area contributed by atoms with Crippen LogP contribution in [-0.2, 0) is 17.0 Å². The molecule has 0 aliphatic rings. The van der Waals surface area contributed by atoms with Crippen molar-refractivity contribution in [2.75, 3.05) is 0 Å². The van der Waals surface area contributed by atoms with Crippen LogP contribution in [0.4, 0.5) is 13.2 Å². The fourth-order valence-corrected chi connectivity index (χ4v) is 3.05. The Bertz CT molecular complexity index is 717. The molecule has 0 unspecified atom stereocenters. The van der Waals surface area contributed by atoms with Gasteiger partial charge in [-0.2, -0.15) is 13.2 Å². The zero-order valence-electron chi connectivity index (χ0n) is 14.5. The highest BCUT2D eigenvalue weighted by molar-refractivity contribution is 7.14. The fourth-order valence-electron chi connectivity index (χ4n) is 2.36. The Kier molecular flexibility index (Phi) is 4.46. The summed E-state index contributed by atoms with van der Waals surface area (Å²) >= 11 is 0.509. The third kappa shape index (κ3) is 3.71. The van der Waals surface area contributed by atoms with Crippen LogP contribution in [0.25, 0.3) is 10.6 Å². The predicted molar refractivity (Wildman–Crippen MR) is 89.4 cm³/mol. The van der Waals surface area contributed by atoms with Crippen LogP contribution in [0.1, 0.15) is 57.7 Å². The molecule has 0 bridgehead atoms. The first kappa shape index (κ1) is 18.7. The maximum Gasteiger partial charge on any atom is 0.445 e. The van der Waals surface area contributed by atoms with Gasteiger partial charge in [-0.25, -0.2) is 0 Å². The van der Waals surface area contributed by atoms with Gasteiger partial charge >= 0.3 is 6.18 Å². The minimum absolute atomic E-state index is 0.180. The van der Waals surface area contributed by atoms with E-state index in [1.807, 2.05) is 41.5 Å². The number of rotatable bonds is 1. The van der Waals surface area contributed by atoms with Crippen molar-refractivity contribution in [1.29, 1.82) is 0 Å². The largest absolute Gasteiger partial charge is 0.507 e. The summed E-state index contributed by atoms with van der Waals surface area (Å²) in [7, 11) is 0. The number of aromatic nitrogens is 2. The number of hydrogen-bond donors (Lipinski definition) is 1. The van der Waals surface area contributed by atoms with Crippen LogP contribution in [0.2, 0.25) is 0 Å². The van der Waals surface area contributed by atoms with Crippen LogP contribution in [0, 0.1) is 0 Å². The molecule has 3 nitrogen and oxygen atoms in total. The monoisotopic (exact) mass is 358 g/mol. The van der Waals surface area contributed by atoms with E-state index in [-0.39, 0.29) is 21.6 Å². The molecule has 0 aliphatic carbocycles. The summed E-state index contributed by atoms with van der Waals surface area (Å²) in [5.74, 6) is 0.180. The number of hydrogen-bond acceptors (Lipinski definition) is 4. The van der Waals surface area contributed by atoms with E-state index < -0.39 is 11.2 Å². The van der Waals surface area contributed by atoms with Crippen molar-refractivity contribution in [3.8, 4) is 16.3 Å². The van der Waals surface area contributed by atoms with Crippen LogP contribution >= 0.6 is 11.3 Å². The molecule has 2 rings (SSSR count). The summed E-state index contributed by atoms with van der Waals surface area (Å²) in [5, 5.41) is 16.8. The van der Waals surface area contributed by atoms with Crippen molar-refractivity contribution in [3.05, 3.63) is 28.3 Å². The Hall–Kier alpha value is -1.63. The number of aromatic hydroxyl groups is 1. The number of phenolic OH excluding ortho intramolecular Hbond substituents is 1. The number of halogens is 3. The lowest BCUT2D eigenvalue weighted by Crippen LogP contribution is -2.17. The summed E-state index contributed by atoms with van der Waals surface area (Å²) in [6, 6.07) is 3.40. The molecule has 132 valence electrons. The summed E-state index contributed by atoms with van der Waals surface area (Å²) in [6.45, 7) is 11.7. The first-order valence-corrected chi connectivity index (χ1v) is 8.32. The van der Waals surface area contributed by atoms with Gasteiger partial charge in [-0.15, -0.1) is 10.2 Å². The van der Waals surface area contributed by atoms with E-state index in [1.165, 1.54) is 0 Å². The molecule has 0 amide bonds. The quantitative estimate of drug-likeness (QED) is 0.729. The van der Waals surface area contributed by atoms with Gasteiger partial charge in [0.25, 0.3) is 0 Å². The average Bonchev–Trinajstić information content (AvgIpc) is 2.85. The second-order valence-electron chi connectivity index (χ2n) is 7.83. The third-order valence-electron chi connectivity index (χ3n) is 3.64. The molecule has 1 aromatic heterocycles. The highest BCUT2D eigenvalue weighted by atomic mass is 32.1. The standard InChI is InChI=1S/C17H21F3N2OS/c1-15(2,3)10-7-9(8-11(12(10)23)16(4,5)6)13-21-22-14(24-13)17(18,19)20/h7-8,23H,1-6H3. The van der Waals surface area contributed by atoms with Crippen LogP contribution in [0.3, 0.4) is 0 Å². The first-order chi connectivity index (χ1) is 10.7. The van der Waals surface area contributed by atoms with Crippen LogP contribution in [0.15, 0.2) is 12.1 Å². The lowest BCUT2D eigenvalue weighted by atomic mass is 9.78. The molecular formula is C17H21F3N2OS. The Morgan fingerprint density at radius 2 is 1.33 bits per heavy atom. The first-order valence-electron chi connectivity index (χ1n) is 7.50. The maximum absolute atomic E-state index is 12.8. The van der Waals surface area contributed by atoms with Gasteiger partial charge in [-0.1, -0.05) is 52.9 Å². The van der Waals surface area contributed by atoms with E-state index in [1.54, 1.807) is 12.1 Å². The molecular weight excluding hydrogens is 337 g/mol. The van der Waals surface area contributed by atoms with E-state index >= 15 is 0 Å². The minimum atomic E-state index is -4.51. The molecule has 0 saturated heterocycles. The highest BCUT2D eigenvalue weighted by Crippen LogP contribution is 2.43. The Morgan fingerprint density at radius 1 is 0.875 bits per heavy atom. The second kappa shape index (κ2) is 5.72. The number of phenols is 1. The smallest absolute Gasteiger partial charge is 0.445 e. The summed E-state index contributed by atoms with van der Waals surface area (Å²) in [5.41, 5.74) is 1.16. The third-order valence-corrected chi connectivity index (χ3v) is 4.66. The number of nitrogens with zero attached hydrogens (tertiary/aromatic N) is 2. The van der Waals surface area contributed by atoms with Gasteiger partial charge in [0.1, 0.15) is 10.8 Å². The fraction of sp³-hybridized carbons (Fsp3) is 0.529. The Labute approximate surface area is 143 Å². The molecule has 0 fully saturated rings. The minimum Gasteiger partial charge on any atom is -0.507 e. The van der Waals surface area contributed by atoms with Gasteiger partial charge < -0.3 is 5.11 Å². The Morgan fingerprint density at radius 3 is 1.67 bits per heavy atom. The molecule has 1 heterocycles. The van der Waals surface area contributed by atoms with Crippen molar-refractivity contribution in [2.24, 2.45) is 0 Å². The molecule has 0 atom stereocenters. The van der Waals surface area contributed by atoms with Crippen LogP contribution < -0.4 is 0 Å². The molecule has 0 saturated carbocycles. The van der Waals surface area contributed by atoms with Crippen molar-refractivity contribution in [1.82, 2.24) is 10.2 Å². The van der Waals surface area contributed by atoms with Gasteiger partial charge in [0.05, 0.1) is 0 Å². The molecule has 1 aromatic carbocycles. The topological polar surface area (TPSA) is 46.0 Å². The number of benzene rings is 1. The normalized spacial score (nSPS) is 13.4. The SMILES string of the molecule is CC(C)(C)c1cc(-c2nnc(C(F)(F)F)s2)cc(C(C)(C)C)c1O. The summed E-state index contributed by atoms with van der Waals surface area (Å²) in [6.07, 6.45) is -4.51. The second-order valence-corrected chi connectivity index (χ2v) is 8.81. The molecule has 2 aromatic rings. The lowest BCUT2D eigenvalue weighted by molar-refractivity contribution is -0.138. The summed E-state index contributed by atoms with van der Waals surface area (Å²) in [4.78, 5) is 0. The zero-order valence-corrected chi connectivity index (χ0v) is 15.4. The van der Waals surface area contributed by atoms with Crippen LogP contribution in [-0.4, -0.2) is 15.3 Å². The van der Waals surface area contributed by atoms with Crippen LogP contribution in [0.5, 0.6) is 5.75 Å². The molecule has 0 aliphatic heterocycles. The van der Waals surface area contributed by atoms with Gasteiger partial charge in [0, 0.05) is 16.7 Å². The average molecular weight is 358 g/mol. The van der Waals surface area contributed by atoms with Crippen molar-refractivity contribution in [3.63, 3.8) is 0 Å². The van der Waals surface area contributed by atoms with E-state index in [2.05, 4.69) is 10.2 Å². The maximum atomic E-state index is 12.8. The van der Waals surface area contributed by atoms with Gasteiger partial charge in [-0.3, -0.25) is 0 Å². The Balaban J connectivity index is 2.69. The molecule has 24 heavy (non-hydrogen) atoms. The molecule has 7 heteroatoms. The van der Waals surface area contributed by atoms with E-state index in [4.69, 9.17) is 0 Å². The number of alkyl halides is 3.